The van der Waals surface area contributed by atoms with Crippen LogP contribution in [0.1, 0.15) is 49.3 Å². The zero-order valence-corrected chi connectivity index (χ0v) is 18.4. The standard InChI is InChI=1S/C26H27N3O3/c1-18-7-3-6-10-23(18)29-26(30)22(16-28)13-19-11-12-24(25(14-19)31-2)32-17-21-9-5-4-8-20(21)15-27/h4-5,8-9,11-14,18,23H,3,6-7,10,17H2,1-2H3,(H,29,30)/b22-13+/t18-,23-/m1/s1. The summed E-state index contributed by atoms with van der Waals surface area (Å²) in [6.07, 6.45) is 5.87. The Morgan fingerprint density at radius 2 is 1.94 bits per heavy atom. The van der Waals surface area contributed by atoms with Gasteiger partial charge in [0.1, 0.15) is 18.2 Å². The lowest BCUT2D eigenvalue weighted by Gasteiger charge is -2.29. The molecule has 0 saturated heterocycles. The number of nitrogens with zero attached hydrogens (tertiary/aromatic N) is 2. The van der Waals surface area contributed by atoms with Gasteiger partial charge in [-0.25, -0.2) is 0 Å². The molecule has 1 aliphatic rings. The second-order valence-corrected chi connectivity index (χ2v) is 7.98. The van der Waals surface area contributed by atoms with E-state index < -0.39 is 0 Å². The number of nitrogens with one attached hydrogen (secondary N) is 1. The highest BCUT2D eigenvalue weighted by Crippen LogP contribution is 2.30. The van der Waals surface area contributed by atoms with E-state index in [0.717, 1.165) is 24.8 Å². The zero-order valence-electron chi connectivity index (χ0n) is 18.4. The third-order valence-corrected chi connectivity index (χ3v) is 5.81. The lowest BCUT2D eigenvalue weighted by atomic mass is 9.86. The Hall–Kier alpha value is -3.77. The zero-order chi connectivity index (χ0) is 22.9. The van der Waals surface area contributed by atoms with Crippen LogP contribution in [-0.4, -0.2) is 19.1 Å². The average Bonchev–Trinajstić information content (AvgIpc) is 2.82. The fraction of sp³-hybridized carbons (Fsp3) is 0.346. The van der Waals surface area contributed by atoms with E-state index in [1.54, 1.807) is 30.3 Å². The highest BCUT2D eigenvalue weighted by molar-refractivity contribution is 6.01. The Balaban J connectivity index is 1.73. The van der Waals surface area contributed by atoms with Gasteiger partial charge in [0.25, 0.3) is 5.91 Å². The van der Waals surface area contributed by atoms with Crippen molar-refractivity contribution in [2.45, 2.75) is 45.3 Å². The van der Waals surface area contributed by atoms with Crippen molar-refractivity contribution in [2.75, 3.05) is 7.11 Å². The summed E-state index contributed by atoms with van der Waals surface area (Å²) in [6.45, 7) is 2.36. The third kappa shape index (κ3) is 5.68. The SMILES string of the molecule is COc1cc(/C=C(\C#N)C(=O)N[C@@H]2CCCC[C@H]2C)ccc1OCc1ccccc1C#N. The van der Waals surface area contributed by atoms with E-state index in [0.29, 0.717) is 28.5 Å². The van der Waals surface area contributed by atoms with Crippen LogP contribution < -0.4 is 14.8 Å². The molecule has 2 atom stereocenters. The highest BCUT2D eigenvalue weighted by Gasteiger charge is 2.24. The van der Waals surface area contributed by atoms with Gasteiger partial charge in [0.2, 0.25) is 0 Å². The number of benzene rings is 2. The molecule has 3 rings (SSSR count). The first kappa shape index (κ1) is 22.9. The van der Waals surface area contributed by atoms with E-state index >= 15 is 0 Å². The van der Waals surface area contributed by atoms with Crippen molar-refractivity contribution in [3.63, 3.8) is 0 Å². The molecule has 1 N–H and O–H groups in total. The van der Waals surface area contributed by atoms with Crippen LogP contribution in [0.25, 0.3) is 6.08 Å². The number of carbonyl (C=O) groups is 1. The van der Waals surface area contributed by atoms with E-state index in [1.807, 2.05) is 24.3 Å². The molecule has 0 aliphatic heterocycles. The summed E-state index contributed by atoms with van der Waals surface area (Å²) in [6, 6.07) is 16.7. The van der Waals surface area contributed by atoms with Gasteiger partial charge in [-0.15, -0.1) is 0 Å². The van der Waals surface area contributed by atoms with Gasteiger partial charge in [0.15, 0.2) is 11.5 Å². The lowest BCUT2D eigenvalue weighted by Crippen LogP contribution is -2.41. The Morgan fingerprint density at radius 3 is 2.66 bits per heavy atom. The molecule has 0 heterocycles. The van der Waals surface area contributed by atoms with Crippen LogP contribution in [0.2, 0.25) is 0 Å². The summed E-state index contributed by atoms with van der Waals surface area (Å²) < 4.78 is 11.3. The summed E-state index contributed by atoms with van der Waals surface area (Å²) >= 11 is 0. The molecule has 1 saturated carbocycles. The maximum absolute atomic E-state index is 12.6. The molecular weight excluding hydrogens is 402 g/mol. The number of hydrogen-bond acceptors (Lipinski definition) is 5. The number of amides is 1. The number of carbonyl (C=O) groups excluding carboxylic acids is 1. The molecule has 0 aromatic heterocycles. The predicted octanol–water partition coefficient (Wildman–Crippen LogP) is 4.75. The number of methoxy groups -OCH3 is 1. The third-order valence-electron chi connectivity index (χ3n) is 5.81. The topological polar surface area (TPSA) is 95.1 Å². The minimum absolute atomic E-state index is 0.0569. The van der Waals surface area contributed by atoms with Crippen LogP contribution >= 0.6 is 0 Å². The van der Waals surface area contributed by atoms with E-state index in [4.69, 9.17) is 9.47 Å². The number of ether oxygens (including phenoxy) is 2. The van der Waals surface area contributed by atoms with E-state index in [9.17, 15) is 15.3 Å². The molecule has 2 aromatic carbocycles. The van der Waals surface area contributed by atoms with Crippen molar-refractivity contribution < 1.29 is 14.3 Å². The van der Waals surface area contributed by atoms with Gasteiger partial charge < -0.3 is 14.8 Å². The van der Waals surface area contributed by atoms with Crippen LogP contribution in [0.5, 0.6) is 11.5 Å². The second kappa shape index (κ2) is 11.0. The molecule has 1 amide bonds. The van der Waals surface area contributed by atoms with Gasteiger partial charge in [-0.05, 0) is 48.6 Å². The first-order chi connectivity index (χ1) is 15.5. The molecule has 0 spiro atoms. The quantitative estimate of drug-likeness (QED) is 0.506. The minimum Gasteiger partial charge on any atom is -0.493 e. The summed E-state index contributed by atoms with van der Waals surface area (Å²) in [5.74, 6) is 1.05. The maximum atomic E-state index is 12.6. The van der Waals surface area contributed by atoms with Crippen molar-refractivity contribution >= 4 is 12.0 Å². The molecule has 32 heavy (non-hydrogen) atoms. The van der Waals surface area contributed by atoms with Crippen molar-refractivity contribution in [2.24, 2.45) is 5.92 Å². The molecule has 6 nitrogen and oxygen atoms in total. The van der Waals surface area contributed by atoms with Crippen LogP contribution in [0, 0.1) is 28.6 Å². The van der Waals surface area contributed by atoms with Crippen LogP contribution in [-0.2, 0) is 11.4 Å². The van der Waals surface area contributed by atoms with Crippen molar-refractivity contribution in [1.29, 1.82) is 10.5 Å². The predicted molar refractivity (Wildman–Crippen MR) is 122 cm³/mol. The maximum Gasteiger partial charge on any atom is 0.262 e. The van der Waals surface area contributed by atoms with Crippen LogP contribution in [0.15, 0.2) is 48.0 Å². The molecule has 6 heteroatoms. The molecule has 0 bridgehead atoms. The lowest BCUT2D eigenvalue weighted by molar-refractivity contribution is -0.118. The smallest absolute Gasteiger partial charge is 0.262 e. The van der Waals surface area contributed by atoms with E-state index in [-0.39, 0.29) is 24.1 Å². The van der Waals surface area contributed by atoms with Crippen molar-refractivity contribution in [3.05, 3.63) is 64.7 Å². The van der Waals surface area contributed by atoms with Gasteiger partial charge in [-0.3, -0.25) is 4.79 Å². The molecule has 1 aliphatic carbocycles. The fourth-order valence-corrected chi connectivity index (χ4v) is 3.90. The largest absolute Gasteiger partial charge is 0.493 e. The van der Waals surface area contributed by atoms with Gasteiger partial charge in [-0.2, -0.15) is 10.5 Å². The Labute approximate surface area is 189 Å². The summed E-state index contributed by atoms with van der Waals surface area (Å²) in [5.41, 5.74) is 2.06. The van der Waals surface area contributed by atoms with Gasteiger partial charge >= 0.3 is 0 Å². The monoisotopic (exact) mass is 429 g/mol. The summed E-state index contributed by atoms with van der Waals surface area (Å²) in [7, 11) is 1.53. The molecular formula is C26H27N3O3. The van der Waals surface area contributed by atoms with Gasteiger partial charge in [-0.1, -0.05) is 44.0 Å². The second-order valence-electron chi connectivity index (χ2n) is 7.98. The number of hydrogen-bond donors (Lipinski definition) is 1. The summed E-state index contributed by atoms with van der Waals surface area (Å²) in [5, 5.41) is 21.8. The summed E-state index contributed by atoms with van der Waals surface area (Å²) in [4.78, 5) is 12.6. The van der Waals surface area contributed by atoms with Crippen LogP contribution in [0.3, 0.4) is 0 Å². The Morgan fingerprint density at radius 1 is 1.16 bits per heavy atom. The Bertz CT molecular complexity index is 1080. The molecule has 1 fully saturated rings. The molecule has 0 radical (unpaired) electrons. The first-order valence-corrected chi connectivity index (χ1v) is 10.8. The first-order valence-electron chi connectivity index (χ1n) is 10.8. The van der Waals surface area contributed by atoms with Crippen molar-refractivity contribution in [3.8, 4) is 23.6 Å². The van der Waals surface area contributed by atoms with Crippen molar-refractivity contribution in [1.82, 2.24) is 5.32 Å². The van der Waals surface area contributed by atoms with Crippen LogP contribution in [0.4, 0.5) is 0 Å². The normalized spacial score (nSPS) is 18.2. The van der Waals surface area contributed by atoms with Gasteiger partial charge in [0, 0.05) is 11.6 Å². The number of rotatable bonds is 7. The fourth-order valence-electron chi connectivity index (χ4n) is 3.90. The molecule has 0 unspecified atom stereocenters. The van der Waals surface area contributed by atoms with E-state index in [1.165, 1.54) is 13.5 Å². The number of nitriles is 2. The minimum atomic E-state index is -0.348. The molecule has 164 valence electrons. The van der Waals surface area contributed by atoms with E-state index in [2.05, 4.69) is 18.3 Å². The highest BCUT2D eigenvalue weighted by atomic mass is 16.5. The Kier molecular flexibility index (Phi) is 7.89. The molecule has 2 aromatic rings. The average molecular weight is 430 g/mol. The van der Waals surface area contributed by atoms with Gasteiger partial charge in [0.05, 0.1) is 18.7 Å².